The van der Waals surface area contributed by atoms with Crippen molar-refractivity contribution >= 4 is 29.5 Å². The minimum absolute atomic E-state index is 0.110. The molecule has 1 aromatic rings. The maximum absolute atomic E-state index is 12.5. The van der Waals surface area contributed by atoms with Gasteiger partial charge in [0.1, 0.15) is 11.9 Å². The van der Waals surface area contributed by atoms with Gasteiger partial charge in [-0.3, -0.25) is 14.5 Å². The highest BCUT2D eigenvalue weighted by molar-refractivity contribution is 7.99. The van der Waals surface area contributed by atoms with E-state index in [0.717, 1.165) is 24.4 Å². The highest BCUT2D eigenvalue weighted by Crippen LogP contribution is 2.31. The number of thioether (sulfide) groups is 1. The van der Waals surface area contributed by atoms with Crippen molar-refractivity contribution in [1.29, 1.82) is 0 Å². The first-order valence-corrected chi connectivity index (χ1v) is 10.2. The maximum Gasteiger partial charge on any atom is 0.324 e. The Morgan fingerprint density at radius 3 is 2.96 bits per heavy atom. The molecule has 3 rings (SSSR count). The number of anilines is 1. The van der Waals surface area contributed by atoms with Gasteiger partial charge in [-0.05, 0) is 19.8 Å². The molecule has 1 N–H and O–H groups in total. The van der Waals surface area contributed by atoms with Gasteiger partial charge >= 0.3 is 5.97 Å². The zero-order valence-corrected chi connectivity index (χ0v) is 15.5. The second kappa shape index (κ2) is 8.71. The van der Waals surface area contributed by atoms with Gasteiger partial charge in [0.2, 0.25) is 5.91 Å². The van der Waals surface area contributed by atoms with E-state index in [1.165, 1.54) is 12.8 Å². The predicted octanol–water partition coefficient (Wildman–Crippen LogP) is 1.92. The standard InChI is InChI=1S/C17H26N4O3S/c1-2-24-17(23)14-12-25-10-9-20(14)11-16(22)19-15-7-8-18-21(15)13-5-3-4-6-13/h7-8,13-14H,2-6,9-12H2,1H3,(H,19,22)/t14-/m0/s1. The van der Waals surface area contributed by atoms with E-state index in [0.29, 0.717) is 24.9 Å². The third-order valence-electron chi connectivity index (χ3n) is 4.75. The van der Waals surface area contributed by atoms with Crippen molar-refractivity contribution in [3.8, 4) is 0 Å². The van der Waals surface area contributed by atoms with Crippen LogP contribution in [0.4, 0.5) is 5.82 Å². The molecule has 0 aromatic carbocycles. The summed E-state index contributed by atoms with van der Waals surface area (Å²) in [5.74, 6) is 1.99. The number of esters is 1. The van der Waals surface area contributed by atoms with Crippen molar-refractivity contribution in [3.63, 3.8) is 0 Å². The van der Waals surface area contributed by atoms with Crippen LogP contribution in [0, 0.1) is 0 Å². The highest BCUT2D eigenvalue weighted by Gasteiger charge is 2.31. The summed E-state index contributed by atoms with van der Waals surface area (Å²) in [7, 11) is 0. The fraction of sp³-hybridized carbons (Fsp3) is 0.706. The number of nitrogens with one attached hydrogen (secondary N) is 1. The number of nitrogens with zero attached hydrogens (tertiary/aromatic N) is 3. The van der Waals surface area contributed by atoms with Gasteiger partial charge < -0.3 is 10.1 Å². The minimum atomic E-state index is -0.343. The summed E-state index contributed by atoms with van der Waals surface area (Å²) in [5.41, 5.74) is 0. The fourth-order valence-electron chi connectivity index (χ4n) is 3.50. The van der Waals surface area contributed by atoms with Crippen LogP contribution in [0.1, 0.15) is 38.6 Å². The first-order chi connectivity index (χ1) is 12.2. The average Bonchev–Trinajstić information content (AvgIpc) is 3.26. The number of carbonyl (C=O) groups is 2. The molecule has 1 aromatic heterocycles. The van der Waals surface area contributed by atoms with Crippen LogP contribution in [0.15, 0.2) is 12.3 Å². The molecule has 1 atom stereocenters. The van der Waals surface area contributed by atoms with Crippen LogP contribution in [-0.4, -0.2) is 63.8 Å². The van der Waals surface area contributed by atoms with Crippen LogP contribution in [0.3, 0.4) is 0 Å². The summed E-state index contributed by atoms with van der Waals surface area (Å²) >= 11 is 1.72. The Bertz CT molecular complexity index is 600. The van der Waals surface area contributed by atoms with E-state index in [2.05, 4.69) is 10.4 Å². The Morgan fingerprint density at radius 1 is 1.40 bits per heavy atom. The third-order valence-corrected chi connectivity index (χ3v) is 5.78. The number of carbonyl (C=O) groups excluding carboxylic acids is 2. The van der Waals surface area contributed by atoms with E-state index in [1.807, 2.05) is 15.6 Å². The third kappa shape index (κ3) is 4.55. The lowest BCUT2D eigenvalue weighted by Gasteiger charge is -2.32. The monoisotopic (exact) mass is 366 g/mol. The molecular formula is C17H26N4O3S. The van der Waals surface area contributed by atoms with Crippen molar-refractivity contribution in [3.05, 3.63) is 12.3 Å². The Balaban J connectivity index is 1.60. The first kappa shape index (κ1) is 18.3. The number of aromatic nitrogens is 2. The molecule has 2 fully saturated rings. The smallest absolute Gasteiger partial charge is 0.324 e. The highest BCUT2D eigenvalue weighted by atomic mass is 32.2. The quantitative estimate of drug-likeness (QED) is 0.775. The van der Waals surface area contributed by atoms with Gasteiger partial charge in [-0.25, -0.2) is 4.68 Å². The lowest BCUT2D eigenvalue weighted by molar-refractivity contribution is -0.148. The van der Waals surface area contributed by atoms with E-state index < -0.39 is 0 Å². The van der Waals surface area contributed by atoms with Crippen molar-refractivity contribution in [1.82, 2.24) is 14.7 Å². The number of hydrogen-bond donors (Lipinski definition) is 1. The van der Waals surface area contributed by atoms with Gasteiger partial charge in [0.05, 0.1) is 25.4 Å². The lowest BCUT2D eigenvalue weighted by Crippen LogP contribution is -2.50. The average molecular weight is 366 g/mol. The van der Waals surface area contributed by atoms with Crippen molar-refractivity contribution in [2.45, 2.75) is 44.7 Å². The minimum Gasteiger partial charge on any atom is -0.465 e. The van der Waals surface area contributed by atoms with E-state index in [-0.39, 0.29) is 24.5 Å². The molecule has 8 heteroatoms. The molecule has 1 aliphatic heterocycles. The normalized spacial score (nSPS) is 22.0. The van der Waals surface area contributed by atoms with Gasteiger partial charge in [-0.2, -0.15) is 16.9 Å². The Morgan fingerprint density at radius 2 is 2.20 bits per heavy atom. The summed E-state index contributed by atoms with van der Waals surface area (Å²) in [6, 6.07) is 1.87. The molecule has 1 saturated heterocycles. The molecule has 0 unspecified atom stereocenters. The topological polar surface area (TPSA) is 76.5 Å². The summed E-state index contributed by atoms with van der Waals surface area (Å²) in [6.07, 6.45) is 6.37. The van der Waals surface area contributed by atoms with Gasteiger partial charge in [0.15, 0.2) is 0 Å². The van der Waals surface area contributed by atoms with Crippen molar-refractivity contribution in [2.24, 2.45) is 0 Å². The number of rotatable bonds is 6. The largest absolute Gasteiger partial charge is 0.465 e. The molecule has 2 aliphatic rings. The number of hydrogen-bond acceptors (Lipinski definition) is 6. The van der Waals surface area contributed by atoms with Crippen molar-refractivity contribution in [2.75, 3.05) is 36.5 Å². The molecule has 0 spiro atoms. The van der Waals surface area contributed by atoms with E-state index in [9.17, 15) is 9.59 Å². The zero-order valence-electron chi connectivity index (χ0n) is 14.6. The first-order valence-electron chi connectivity index (χ1n) is 9.01. The number of ether oxygens (including phenoxy) is 1. The molecular weight excluding hydrogens is 340 g/mol. The maximum atomic E-state index is 12.5. The summed E-state index contributed by atoms with van der Waals surface area (Å²) < 4.78 is 7.08. The molecule has 25 heavy (non-hydrogen) atoms. The van der Waals surface area contributed by atoms with Gasteiger partial charge in [-0.1, -0.05) is 12.8 Å². The molecule has 138 valence electrons. The molecule has 1 saturated carbocycles. The van der Waals surface area contributed by atoms with Crippen LogP contribution < -0.4 is 5.32 Å². The molecule has 2 heterocycles. The van der Waals surface area contributed by atoms with Gasteiger partial charge in [0.25, 0.3) is 0 Å². The molecule has 1 aliphatic carbocycles. The Kier molecular flexibility index (Phi) is 6.36. The molecule has 0 radical (unpaired) electrons. The fourth-order valence-corrected chi connectivity index (χ4v) is 4.60. The molecule has 7 nitrogen and oxygen atoms in total. The Labute approximate surface area is 152 Å². The van der Waals surface area contributed by atoms with Crippen molar-refractivity contribution < 1.29 is 14.3 Å². The van der Waals surface area contributed by atoms with E-state index in [4.69, 9.17) is 4.74 Å². The summed E-state index contributed by atoms with van der Waals surface area (Å²) in [5, 5.41) is 7.34. The second-order valence-electron chi connectivity index (χ2n) is 6.46. The Hall–Kier alpha value is -1.54. The van der Waals surface area contributed by atoms with Crippen LogP contribution in [0.2, 0.25) is 0 Å². The zero-order chi connectivity index (χ0) is 17.6. The van der Waals surface area contributed by atoms with Crippen LogP contribution in [-0.2, 0) is 14.3 Å². The summed E-state index contributed by atoms with van der Waals surface area (Å²) in [4.78, 5) is 26.5. The summed E-state index contributed by atoms with van der Waals surface area (Å²) in [6.45, 7) is 3.07. The van der Waals surface area contributed by atoms with Crippen LogP contribution in [0.25, 0.3) is 0 Å². The predicted molar refractivity (Wildman–Crippen MR) is 97.7 cm³/mol. The number of amides is 1. The van der Waals surface area contributed by atoms with Gasteiger partial charge in [0, 0.05) is 24.1 Å². The van der Waals surface area contributed by atoms with E-state index in [1.54, 1.807) is 24.9 Å². The molecule has 1 amide bonds. The van der Waals surface area contributed by atoms with Crippen LogP contribution in [0.5, 0.6) is 0 Å². The lowest BCUT2D eigenvalue weighted by atomic mass is 10.2. The molecule has 0 bridgehead atoms. The van der Waals surface area contributed by atoms with Crippen LogP contribution >= 0.6 is 11.8 Å². The van der Waals surface area contributed by atoms with E-state index >= 15 is 0 Å². The second-order valence-corrected chi connectivity index (χ2v) is 7.61. The van der Waals surface area contributed by atoms with Gasteiger partial charge in [-0.15, -0.1) is 0 Å². The SMILES string of the molecule is CCOC(=O)[C@@H]1CSCCN1CC(=O)Nc1ccnn1C1CCCC1.